The lowest BCUT2D eigenvalue weighted by atomic mass is 9.94. The first kappa shape index (κ1) is 20.3. The summed E-state index contributed by atoms with van der Waals surface area (Å²) >= 11 is 0. The summed E-state index contributed by atoms with van der Waals surface area (Å²) in [6.07, 6.45) is -6.26. The minimum absolute atomic E-state index is 0.127. The third-order valence-corrected chi connectivity index (χ3v) is 4.56. The van der Waals surface area contributed by atoms with Crippen LogP contribution >= 0.6 is 0 Å². The number of carboxylic acid groups (broad SMARTS) is 1. The van der Waals surface area contributed by atoms with E-state index < -0.39 is 24.7 Å². The Hall–Kier alpha value is -3.96. The number of oxazole rings is 1. The van der Waals surface area contributed by atoms with Crippen molar-refractivity contribution in [2.45, 2.75) is 19.0 Å². The van der Waals surface area contributed by atoms with Crippen LogP contribution in [0.3, 0.4) is 0 Å². The van der Waals surface area contributed by atoms with Crippen LogP contribution in [-0.4, -0.2) is 35.2 Å². The van der Waals surface area contributed by atoms with Gasteiger partial charge in [-0.25, -0.2) is 14.6 Å². The van der Waals surface area contributed by atoms with Crippen LogP contribution in [0.25, 0.3) is 22.2 Å². The molecule has 1 aromatic heterocycles. The maximum absolute atomic E-state index is 12.4. The van der Waals surface area contributed by atoms with Crippen molar-refractivity contribution in [3.05, 3.63) is 47.9 Å². The third-order valence-electron chi connectivity index (χ3n) is 4.56. The normalized spacial score (nSPS) is 16.1. The number of nitrogens with zero attached hydrogens (tertiary/aromatic N) is 1. The molecule has 1 atom stereocenters. The number of alkyl halides is 3. The largest absolute Gasteiger partial charge is 0.573 e. The molecule has 3 aromatic rings. The number of amides is 2. The first-order valence-corrected chi connectivity index (χ1v) is 8.87. The van der Waals surface area contributed by atoms with E-state index in [0.29, 0.717) is 27.8 Å². The first-order valence-electron chi connectivity index (χ1n) is 8.87. The fraction of sp³-hybridized carbons (Fsp3) is 0.211. The molecule has 162 valence electrons. The summed E-state index contributed by atoms with van der Waals surface area (Å²) in [6.45, 7) is 0.0230. The predicted molar refractivity (Wildman–Crippen MR) is 98.2 cm³/mol. The number of nitrogens with one attached hydrogen (secondary N) is 2. The highest BCUT2D eigenvalue weighted by molar-refractivity contribution is 5.94. The van der Waals surface area contributed by atoms with Crippen molar-refractivity contribution >= 4 is 23.3 Å². The fourth-order valence-electron chi connectivity index (χ4n) is 3.37. The van der Waals surface area contributed by atoms with Gasteiger partial charge in [-0.3, -0.25) is 0 Å². The van der Waals surface area contributed by atoms with Crippen LogP contribution in [-0.2, 0) is 11.3 Å². The number of hydrogen-bond acceptors (Lipinski definition) is 6. The minimum Gasteiger partial charge on any atom is -0.465 e. The second-order valence-corrected chi connectivity index (χ2v) is 6.53. The number of rotatable bonds is 5. The molecule has 3 N–H and O–H groups in total. The van der Waals surface area contributed by atoms with E-state index in [2.05, 4.69) is 20.4 Å². The molecule has 31 heavy (non-hydrogen) atoms. The number of carbonyl (C=O) groups is 2. The van der Waals surface area contributed by atoms with E-state index in [4.69, 9.17) is 14.3 Å². The van der Waals surface area contributed by atoms with Crippen molar-refractivity contribution in [3.63, 3.8) is 0 Å². The van der Waals surface area contributed by atoms with E-state index in [9.17, 15) is 22.8 Å². The number of hydrogen-bond donors (Lipinski definition) is 3. The summed E-state index contributed by atoms with van der Waals surface area (Å²) in [5, 5.41) is 13.8. The van der Waals surface area contributed by atoms with Gasteiger partial charge in [-0.1, -0.05) is 12.1 Å². The van der Waals surface area contributed by atoms with Gasteiger partial charge in [-0.2, -0.15) is 0 Å². The molecule has 1 fully saturated rings. The quantitative estimate of drug-likeness (QED) is 0.552. The van der Waals surface area contributed by atoms with E-state index >= 15 is 0 Å². The lowest BCUT2D eigenvalue weighted by Gasteiger charge is -2.17. The van der Waals surface area contributed by atoms with Gasteiger partial charge in [0, 0.05) is 17.7 Å². The SMILES string of the molecule is O=C(O)NCc1cc(-c2ccc(OC(F)(F)F)cc2)c2ncoc2c1C1CNC(=O)O1. The molecule has 12 heteroatoms. The summed E-state index contributed by atoms with van der Waals surface area (Å²) in [6, 6.07) is 6.76. The molecule has 0 radical (unpaired) electrons. The molecule has 2 amide bonds. The lowest BCUT2D eigenvalue weighted by molar-refractivity contribution is -0.274. The molecule has 4 rings (SSSR count). The van der Waals surface area contributed by atoms with Gasteiger partial charge in [-0.05, 0) is 29.3 Å². The van der Waals surface area contributed by atoms with E-state index in [-0.39, 0.29) is 24.4 Å². The Balaban J connectivity index is 1.80. The molecule has 1 saturated heterocycles. The van der Waals surface area contributed by atoms with Crippen LogP contribution < -0.4 is 15.4 Å². The summed E-state index contributed by atoms with van der Waals surface area (Å²) in [4.78, 5) is 26.7. The average molecular weight is 437 g/mol. The number of benzene rings is 2. The number of fused-ring (bicyclic) bond motifs is 1. The molecular weight excluding hydrogens is 423 g/mol. The van der Waals surface area contributed by atoms with Gasteiger partial charge in [0.25, 0.3) is 0 Å². The Morgan fingerprint density at radius 1 is 1.32 bits per heavy atom. The van der Waals surface area contributed by atoms with Gasteiger partial charge < -0.3 is 29.6 Å². The molecule has 1 aliphatic heterocycles. The number of carbonyl (C=O) groups excluding carboxylic acids is 1. The molecular formula is C19H14F3N3O6. The lowest BCUT2D eigenvalue weighted by Crippen LogP contribution is -2.22. The Morgan fingerprint density at radius 3 is 2.68 bits per heavy atom. The van der Waals surface area contributed by atoms with Crippen molar-refractivity contribution in [2.24, 2.45) is 0 Å². The van der Waals surface area contributed by atoms with Crippen LogP contribution in [0.2, 0.25) is 0 Å². The second kappa shape index (κ2) is 7.70. The Labute approximate surface area is 171 Å². The van der Waals surface area contributed by atoms with Crippen molar-refractivity contribution in [1.82, 2.24) is 15.6 Å². The van der Waals surface area contributed by atoms with Gasteiger partial charge >= 0.3 is 18.5 Å². The van der Waals surface area contributed by atoms with Crippen LogP contribution in [0, 0.1) is 0 Å². The third kappa shape index (κ3) is 4.32. The molecule has 2 aromatic carbocycles. The van der Waals surface area contributed by atoms with E-state index in [0.717, 1.165) is 12.1 Å². The van der Waals surface area contributed by atoms with Gasteiger partial charge in [0.15, 0.2) is 18.1 Å². The molecule has 1 unspecified atom stereocenters. The maximum atomic E-state index is 12.4. The summed E-state index contributed by atoms with van der Waals surface area (Å²) < 4.78 is 51.9. The Kier molecular flexibility index (Phi) is 5.05. The summed E-state index contributed by atoms with van der Waals surface area (Å²) in [7, 11) is 0. The van der Waals surface area contributed by atoms with Crippen LogP contribution in [0.4, 0.5) is 22.8 Å². The van der Waals surface area contributed by atoms with Crippen LogP contribution in [0.1, 0.15) is 17.2 Å². The Bertz CT molecular complexity index is 1140. The van der Waals surface area contributed by atoms with Gasteiger partial charge in [0.1, 0.15) is 11.3 Å². The average Bonchev–Trinajstić information content (AvgIpc) is 3.34. The topological polar surface area (TPSA) is 123 Å². The van der Waals surface area contributed by atoms with Crippen LogP contribution in [0.15, 0.2) is 41.1 Å². The highest BCUT2D eigenvalue weighted by Crippen LogP contribution is 2.38. The number of alkyl carbamates (subject to hydrolysis) is 1. The van der Waals surface area contributed by atoms with Crippen molar-refractivity contribution in [2.75, 3.05) is 6.54 Å². The van der Waals surface area contributed by atoms with Gasteiger partial charge in [-0.15, -0.1) is 13.2 Å². The predicted octanol–water partition coefficient (Wildman–Crippen LogP) is 3.94. The van der Waals surface area contributed by atoms with Crippen molar-refractivity contribution in [1.29, 1.82) is 0 Å². The maximum Gasteiger partial charge on any atom is 0.573 e. The summed E-state index contributed by atoms with van der Waals surface area (Å²) in [5.41, 5.74) is 2.54. The van der Waals surface area contributed by atoms with Crippen molar-refractivity contribution < 1.29 is 41.8 Å². The van der Waals surface area contributed by atoms with Gasteiger partial charge in [0.05, 0.1) is 6.54 Å². The van der Waals surface area contributed by atoms with Gasteiger partial charge in [0.2, 0.25) is 0 Å². The highest BCUT2D eigenvalue weighted by Gasteiger charge is 2.32. The zero-order valence-corrected chi connectivity index (χ0v) is 15.5. The summed E-state index contributed by atoms with van der Waals surface area (Å²) in [5.74, 6) is -0.388. The molecule has 9 nitrogen and oxygen atoms in total. The molecule has 2 heterocycles. The standard InChI is InChI=1S/C19H14F3N3O6/c20-19(21,22)31-11-3-1-9(2-4-11)12-5-10(6-23-17(26)27)14(13-7-24-18(28)30-13)16-15(12)25-8-29-16/h1-5,8,13,23H,6-7H2,(H,24,28)(H,26,27). The first-order chi connectivity index (χ1) is 14.7. The minimum atomic E-state index is -4.81. The number of halogens is 3. The smallest absolute Gasteiger partial charge is 0.465 e. The molecule has 0 saturated carbocycles. The van der Waals surface area contributed by atoms with Crippen LogP contribution in [0.5, 0.6) is 5.75 Å². The zero-order valence-electron chi connectivity index (χ0n) is 15.5. The van der Waals surface area contributed by atoms with Crippen molar-refractivity contribution in [3.8, 4) is 16.9 Å². The monoisotopic (exact) mass is 437 g/mol. The molecule has 0 spiro atoms. The van der Waals surface area contributed by atoms with E-state index in [1.165, 1.54) is 18.5 Å². The van der Waals surface area contributed by atoms with E-state index in [1.807, 2.05) is 0 Å². The fourth-order valence-corrected chi connectivity index (χ4v) is 3.37. The number of cyclic esters (lactones) is 1. The zero-order chi connectivity index (χ0) is 22.2. The Morgan fingerprint density at radius 2 is 2.06 bits per heavy atom. The molecule has 0 bridgehead atoms. The number of aromatic nitrogens is 1. The second-order valence-electron chi connectivity index (χ2n) is 6.53. The highest BCUT2D eigenvalue weighted by atomic mass is 19.4. The number of ether oxygens (including phenoxy) is 2. The van der Waals surface area contributed by atoms with E-state index in [1.54, 1.807) is 6.07 Å². The molecule has 0 aliphatic carbocycles. The molecule has 1 aliphatic rings.